The molecule has 2 unspecified atom stereocenters. The van der Waals surface area contributed by atoms with Crippen LogP contribution in [0.15, 0.2) is 0 Å². The van der Waals surface area contributed by atoms with Gasteiger partial charge in [-0.05, 0) is 30.4 Å². The predicted octanol–water partition coefficient (Wildman–Crippen LogP) is 2.28. The maximum absolute atomic E-state index is 12.0. The van der Waals surface area contributed by atoms with Crippen molar-refractivity contribution in [2.75, 3.05) is 5.75 Å². The van der Waals surface area contributed by atoms with Crippen LogP contribution >= 0.6 is 11.8 Å². The molecule has 104 valence electrons. The average Bonchev–Trinajstić information content (AvgIpc) is 2.65. The van der Waals surface area contributed by atoms with Crippen LogP contribution in [0.4, 0.5) is 0 Å². The van der Waals surface area contributed by atoms with E-state index >= 15 is 0 Å². The first kappa shape index (κ1) is 15.3. The van der Waals surface area contributed by atoms with Crippen LogP contribution in [0, 0.1) is 5.41 Å². The molecular formula is C13H23NO3S. The molecule has 0 aromatic heterocycles. The van der Waals surface area contributed by atoms with Gasteiger partial charge in [0.25, 0.3) is 0 Å². The zero-order valence-electron chi connectivity index (χ0n) is 11.4. The Balaban J connectivity index is 2.53. The van der Waals surface area contributed by atoms with Crippen molar-refractivity contribution in [3.63, 3.8) is 0 Å². The molecule has 1 fully saturated rings. The number of rotatable bonds is 5. The molecule has 18 heavy (non-hydrogen) atoms. The Bertz CT molecular complexity index is 306. The lowest BCUT2D eigenvalue weighted by atomic mass is 9.87. The molecule has 1 heterocycles. The van der Waals surface area contributed by atoms with Gasteiger partial charge < -0.3 is 10.4 Å². The van der Waals surface area contributed by atoms with Crippen molar-refractivity contribution in [2.45, 2.75) is 57.7 Å². The molecule has 2 atom stereocenters. The Hall–Kier alpha value is -0.710. The highest BCUT2D eigenvalue weighted by Gasteiger charge is 2.28. The average molecular weight is 273 g/mol. The van der Waals surface area contributed by atoms with Crippen LogP contribution < -0.4 is 5.32 Å². The van der Waals surface area contributed by atoms with E-state index in [1.807, 2.05) is 0 Å². The molecule has 1 rings (SSSR count). The number of amides is 1. The van der Waals surface area contributed by atoms with Gasteiger partial charge in [-0.2, -0.15) is 0 Å². The quantitative estimate of drug-likeness (QED) is 0.806. The van der Waals surface area contributed by atoms with E-state index in [1.165, 1.54) is 0 Å². The number of thioether (sulfide) groups is 1. The summed E-state index contributed by atoms with van der Waals surface area (Å²) in [4.78, 5) is 22.8. The number of hydrogen-bond acceptors (Lipinski definition) is 3. The third-order valence-electron chi connectivity index (χ3n) is 2.85. The fraction of sp³-hybridized carbons (Fsp3) is 0.846. The first-order valence-electron chi connectivity index (χ1n) is 6.42. The highest BCUT2D eigenvalue weighted by molar-refractivity contribution is 8.00. The monoisotopic (exact) mass is 273 g/mol. The third kappa shape index (κ3) is 5.76. The predicted molar refractivity (Wildman–Crippen MR) is 73.7 cm³/mol. The molecule has 4 nitrogen and oxygen atoms in total. The smallest absolute Gasteiger partial charge is 0.305 e. The van der Waals surface area contributed by atoms with Crippen LogP contribution in [0.3, 0.4) is 0 Å². The summed E-state index contributed by atoms with van der Waals surface area (Å²) in [5.74, 6) is 0.178. The number of hydrogen-bond donors (Lipinski definition) is 2. The van der Waals surface area contributed by atoms with Gasteiger partial charge in [-0.3, -0.25) is 9.59 Å². The Labute approximate surface area is 113 Å². The summed E-state index contributed by atoms with van der Waals surface area (Å²) >= 11 is 1.67. The Morgan fingerprint density at radius 1 is 1.44 bits per heavy atom. The molecule has 0 aromatic carbocycles. The van der Waals surface area contributed by atoms with E-state index in [0.717, 1.165) is 18.6 Å². The molecular weight excluding hydrogens is 250 g/mol. The zero-order valence-corrected chi connectivity index (χ0v) is 12.2. The maximum Gasteiger partial charge on any atom is 0.305 e. The van der Waals surface area contributed by atoms with Crippen molar-refractivity contribution in [2.24, 2.45) is 5.41 Å². The summed E-state index contributed by atoms with van der Waals surface area (Å²) in [6.07, 6.45) is 2.67. The standard InChI is InChI=1S/C13H23NO3S/c1-13(2,3)8-9(7-11(15)16)14-12(17)10-5-4-6-18-10/h9-10H,4-8H2,1-3H3,(H,14,17)(H,15,16). The van der Waals surface area contributed by atoms with Crippen molar-refractivity contribution in [1.29, 1.82) is 0 Å². The van der Waals surface area contributed by atoms with Gasteiger partial charge in [0.15, 0.2) is 0 Å². The normalized spacial score (nSPS) is 21.6. The Morgan fingerprint density at radius 2 is 2.11 bits per heavy atom. The fourth-order valence-corrected chi connectivity index (χ4v) is 3.37. The number of aliphatic carboxylic acids is 1. The minimum absolute atomic E-state index is 0.000394. The molecule has 0 aromatic rings. The van der Waals surface area contributed by atoms with Gasteiger partial charge in [-0.25, -0.2) is 0 Å². The molecule has 1 aliphatic rings. The summed E-state index contributed by atoms with van der Waals surface area (Å²) in [6.45, 7) is 6.16. The summed E-state index contributed by atoms with van der Waals surface area (Å²) in [7, 11) is 0. The van der Waals surface area contributed by atoms with Gasteiger partial charge in [0.1, 0.15) is 0 Å². The molecule has 0 bridgehead atoms. The topological polar surface area (TPSA) is 66.4 Å². The van der Waals surface area contributed by atoms with Crippen molar-refractivity contribution in [3.8, 4) is 0 Å². The minimum atomic E-state index is -0.858. The van der Waals surface area contributed by atoms with Gasteiger partial charge in [0.05, 0.1) is 11.7 Å². The molecule has 1 aliphatic heterocycles. The van der Waals surface area contributed by atoms with E-state index in [4.69, 9.17) is 5.11 Å². The number of carbonyl (C=O) groups is 2. The van der Waals surface area contributed by atoms with E-state index in [-0.39, 0.29) is 29.0 Å². The maximum atomic E-state index is 12.0. The fourth-order valence-electron chi connectivity index (χ4n) is 2.20. The van der Waals surface area contributed by atoms with Gasteiger partial charge >= 0.3 is 5.97 Å². The van der Waals surface area contributed by atoms with Crippen LogP contribution in [-0.4, -0.2) is 34.0 Å². The minimum Gasteiger partial charge on any atom is -0.481 e. The molecule has 0 aliphatic carbocycles. The molecule has 0 spiro atoms. The number of carboxylic acids is 1. The largest absolute Gasteiger partial charge is 0.481 e. The zero-order chi connectivity index (χ0) is 13.8. The molecule has 1 amide bonds. The third-order valence-corrected chi connectivity index (χ3v) is 4.22. The van der Waals surface area contributed by atoms with Gasteiger partial charge in [0, 0.05) is 6.04 Å². The van der Waals surface area contributed by atoms with Crippen molar-refractivity contribution < 1.29 is 14.7 Å². The molecule has 5 heteroatoms. The summed E-state index contributed by atoms with van der Waals surface area (Å²) in [6, 6.07) is -0.267. The van der Waals surface area contributed by atoms with E-state index in [0.29, 0.717) is 6.42 Å². The Morgan fingerprint density at radius 3 is 2.56 bits per heavy atom. The SMILES string of the molecule is CC(C)(C)CC(CC(=O)O)NC(=O)C1CCCS1. The van der Waals surface area contributed by atoms with Gasteiger partial charge in [0.2, 0.25) is 5.91 Å². The van der Waals surface area contributed by atoms with Crippen molar-refractivity contribution >= 4 is 23.6 Å². The number of carboxylic acid groups (broad SMARTS) is 1. The first-order chi connectivity index (χ1) is 8.28. The summed E-state index contributed by atoms with van der Waals surface area (Å²) in [5.41, 5.74) is 0.0101. The van der Waals surface area contributed by atoms with Crippen LogP contribution in [0.25, 0.3) is 0 Å². The summed E-state index contributed by atoms with van der Waals surface area (Å²) in [5, 5.41) is 11.8. The highest BCUT2D eigenvalue weighted by atomic mass is 32.2. The molecule has 0 radical (unpaired) electrons. The van der Waals surface area contributed by atoms with Crippen LogP contribution in [0.2, 0.25) is 0 Å². The van der Waals surface area contributed by atoms with Gasteiger partial charge in [-0.1, -0.05) is 20.8 Å². The summed E-state index contributed by atoms with van der Waals surface area (Å²) < 4.78 is 0. The molecule has 2 N–H and O–H groups in total. The number of carbonyl (C=O) groups excluding carboxylic acids is 1. The van der Waals surface area contributed by atoms with Crippen LogP contribution in [-0.2, 0) is 9.59 Å². The molecule has 1 saturated heterocycles. The second-order valence-electron chi connectivity index (χ2n) is 6.07. The van der Waals surface area contributed by atoms with Gasteiger partial charge in [-0.15, -0.1) is 11.8 Å². The second-order valence-corrected chi connectivity index (χ2v) is 7.38. The lowest BCUT2D eigenvalue weighted by Crippen LogP contribution is -2.42. The Kier molecular flexibility index (Phi) is 5.50. The van der Waals surface area contributed by atoms with Crippen LogP contribution in [0.5, 0.6) is 0 Å². The lowest BCUT2D eigenvalue weighted by molar-refractivity contribution is -0.137. The number of nitrogens with one attached hydrogen (secondary N) is 1. The van der Waals surface area contributed by atoms with E-state index in [2.05, 4.69) is 26.1 Å². The highest BCUT2D eigenvalue weighted by Crippen LogP contribution is 2.27. The van der Waals surface area contributed by atoms with E-state index in [1.54, 1.807) is 11.8 Å². The second kappa shape index (κ2) is 6.45. The van der Waals surface area contributed by atoms with Crippen LogP contribution in [0.1, 0.15) is 46.5 Å². The van der Waals surface area contributed by atoms with E-state index in [9.17, 15) is 9.59 Å². The van der Waals surface area contributed by atoms with Crippen molar-refractivity contribution in [1.82, 2.24) is 5.32 Å². The first-order valence-corrected chi connectivity index (χ1v) is 7.46. The molecule has 0 saturated carbocycles. The lowest BCUT2D eigenvalue weighted by Gasteiger charge is -2.26. The van der Waals surface area contributed by atoms with E-state index < -0.39 is 5.97 Å². The van der Waals surface area contributed by atoms with Crippen molar-refractivity contribution in [3.05, 3.63) is 0 Å².